The SMILES string of the molecule is Cc1cccc(-c2cn(CC3CCCNC3)nc2C)c1. The Balaban J connectivity index is 1.80. The number of aryl methyl sites for hydroxylation is 2. The van der Waals surface area contributed by atoms with E-state index < -0.39 is 0 Å². The van der Waals surface area contributed by atoms with Crippen LogP contribution in [0.4, 0.5) is 0 Å². The Hall–Kier alpha value is -1.61. The Labute approximate surface area is 121 Å². The molecule has 3 heteroatoms. The van der Waals surface area contributed by atoms with Crippen molar-refractivity contribution in [2.75, 3.05) is 13.1 Å². The van der Waals surface area contributed by atoms with Gasteiger partial charge in [-0.25, -0.2) is 0 Å². The van der Waals surface area contributed by atoms with E-state index in [0.717, 1.165) is 18.8 Å². The molecule has 0 radical (unpaired) electrons. The first-order valence-corrected chi connectivity index (χ1v) is 7.54. The summed E-state index contributed by atoms with van der Waals surface area (Å²) in [6.45, 7) is 7.56. The fourth-order valence-corrected chi connectivity index (χ4v) is 3.05. The van der Waals surface area contributed by atoms with Crippen LogP contribution in [0.5, 0.6) is 0 Å². The third kappa shape index (κ3) is 2.93. The summed E-state index contributed by atoms with van der Waals surface area (Å²) in [6, 6.07) is 8.66. The maximum Gasteiger partial charge on any atom is 0.0672 e. The van der Waals surface area contributed by atoms with E-state index in [1.165, 1.54) is 36.1 Å². The van der Waals surface area contributed by atoms with Crippen LogP contribution >= 0.6 is 0 Å². The smallest absolute Gasteiger partial charge is 0.0672 e. The number of hydrogen-bond donors (Lipinski definition) is 1. The van der Waals surface area contributed by atoms with Gasteiger partial charge in [0.05, 0.1) is 5.69 Å². The lowest BCUT2D eigenvalue weighted by molar-refractivity contribution is 0.325. The maximum atomic E-state index is 4.70. The Bertz CT molecular complexity index is 580. The Morgan fingerprint density at radius 2 is 2.25 bits per heavy atom. The predicted molar refractivity (Wildman–Crippen MR) is 82.7 cm³/mol. The molecule has 20 heavy (non-hydrogen) atoms. The van der Waals surface area contributed by atoms with E-state index in [4.69, 9.17) is 5.10 Å². The summed E-state index contributed by atoms with van der Waals surface area (Å²) in [5.74, 6) is 0.716. The Morgan fingerprint density at radius 3 is 3.00 bits per heavy atom. The van der Waals surface area contributed by atoms with Crippen molar-refractivity contribution in [2.24, 2.45) is 5.92 Å². The van der Waals surface area contributed by atoms with Crippen molar-refractivity contribution in [3.05, 3.63) is 41.7 Å². The number of hydrogen-bond acceptors (Lipinski definition) is 2. The molecular weight excluding hydrogens is 246 g/mol. The average Bonchev–Trinajstić information content (AvgIpc) is 2.81. The lowest BCUT2D eigenvalue weighted by atomic mass is 10.00. The molecule has 0 amide bonds. The van der Waals surface area contributed by atoms with Gasteiger partial charge in [-0.2, -0.15) is 5.10 Å². The molecule has 0 saturated carbocycles. The van der Waals surface area contributed by atoms with Crippen LogP contribution in [0.1, 0.15) is 24.1 Å². The van der Waals surface area contributed by atoms with Gasteiger partial charge in [-0.15, -0.1) is 0 Å². The van der Waals surface area contributed by atoms with Crippen LogP contribution in [0.15, 0.2) is 30.5 Å². The zero-order valence-electron chi connectivity index (χ0n) is 12.4. The van der Waals surface area contributed by atoms with Crippen LogP contribution in [0.25, 0.3) is 11.1 Å². The first-order valence-electron chi connectivity index (χ1n) is 7.54. The van der Waals surface area contributed by atoms with Gasteiger partial charge >= 0.3 is 0 Å². The highest BCUT2D eigenvalue weighted by molar-refractivity contribution is 5.65. The summed E-state index contributed by atoms with van der Waals surface area (Å²) < 4.78 is 2.13. The Morgan fingerprint density at radius 1 is 1.35 bits per heavy atom. The van der Waals surface area contributed by atoms with Gasteiger partial charge in [0.2, 0.25) is 0 Å². The van der Waals surface area contributed by atoms with E-state index >= 15 is 0 Å². The summed E-state index contributed by atoms with van der Waals surface area (Å²) in [4.78, 5) is 0. The first-order chi connectivity index (χ1) is 9.72. The van der Waals surface area contributed by atoms with Crippen molar-refractivity contribution in [1.82, 2.24) is 15.1 Å². The lowest BCUT2D eigenvalue weighted by Crippen LogP contribution is -2.32. The first kappa shape index (κ1) is 13.4. The second kappa shape index (κ2) is 5.80. The van der Waals surface area contributed by atoms with E-state index in [1.807, 2.05) is 0 Å². The summed E-state index contributed by atoms with van der Waals surface area (Å²) in [5, 5.41) is 8.17. The molecule has 3 rings (SSSR count). The molecule has 1 unspecified atom stereocenters. The summed E-state index contributed by atoms with van der Waals surface area (Å²) in [7, 11) is 0. The van der Waals surface area contributed by atoms with Crippen molar-refractivity contribution in [1.29, 1.82) is 0 Å². The van der Waals surface area contributed by atoms with Crippen LogP contribution in [0, 0.1) is 19.8 Å². The number of rotatable bonds is 3. The van der Waals surface area contributed by atoms with Gasteiger partial charge in [-0.1, -0.05) is 29.8 Å². The highest BCUT2D eigenvalue weighted by Crippen LogP contribution is 2.24. The minimum absolute atomic E-state index is 0.716. The lowest BCUT2D eigenvalue weighted by Gasteiger charge is -2.22. The second-order valence-electron chi connectivity index (χ2n) is 5.93. The van der Waals surface area contributed by atoms with Crippen molar-refractivity contribution in [2.45, 2.75) is 33.2 Å². The molecule has 0 bridgehead atoms. The zero-order chi connectivity index (χ0) is 13.9. The van der Waals surface area contributed by atoms with Gasteiger partial charge in [-0.05, 0) is 51.3 Å². The molecule has 1 aliphatic heterocycles. The predicted octanol–water partition coefficient (Wildman–Crippen LogP) is 3.17. The minimum atomic E-state index is 0.716. The number of aromatic nitrogens is 2. The van der Waals surface area contributed by atoms with E-state index in [0.29, 0.717) is 5.92 Å². The topological polar surface area (TPSA) is 29.9 Å². The third-order valence-electron chi connectivity index (χ3n) is 4.12. The van der Waals surface area contributed by atoms with Gasteiger partial charge in [0.1, 0.15) is 0 Å². The molecule has 2 heterocycles. The van der Waals surface area contributed by atoms with Crippen molar-refractivity contribution in [3.8, 4) is 11.1 Å². The number of piperidine rings is 1. The maximum absolute atomic E-state index is 4.70. The molecule has 1 aromatic heterocycles. The number of nitrogens with one attached hydrogen (secondary N) is 1. The summed E-state index contributed by atoms with van der Waals surface area (Å²) >= 11 is 0. The van der Waals surface area contributed by atoms with Crippen LogP contribution in [-0.4, -0.2) is 22.9 Å². The quantitative estimate of drug-likeness (QED) is 0.927. The van der Waals surface area contributed by atoms with Gasteiger partial charge < -0.3 is 5.32 Å². The molecule has 106 valence electrons. The largest absolute Gasteiger partial charge is 0.316 e. The minimum Gasteiger partial charge on any atom is -0.316 e. The molecule has 0 spiro atoms. The highest BCUT2D eigenvalue weighted by Gasteiger charge is 2.15. The summed E-state index contributed by atoms with van der Waals surface area (Å²) in [5.41, 5.74) is 4.96. The fourth-order valence-electron chi connectivity index (χ4n) is 3.05. The third-order valence-corrected chi connectivity index (χ3v) is 4.12. The van der Waals surface area contributed by atoms with Crippen LogP contribution in [0.3, 0.4) is 0 Å². The van der Waals surface area contributed by atoms with Crippen LogP contribution in [-0.2, 0) is 6.54 Å². The molecule has 3 nitrogen and oxygen atoms in total. The van der Waals surface area contributed by atoms with Crippen LogP contribution in [0.2, 0.25) is 0 Å². The van der Waals surface area contributed by atoms with E-state index in [2.05, 4.69) is 54.3 Å². The standard InChI is InChI=1S/C17H23N3/c1-13-5-3-7-16(9-13)17-12-20(19-14(17)2)11-15-6-4-8-18-10-15/h3,5,7,9,12,15,18H,4,6,8,10-11H2,1-2H3. The van der Waals surface area contributed by atoms with Gasteiger partial charge in [0, 0.05) is 18.3 Å². The molecule has 1 N–H and O–H groups in total. The molecule has 1 aliphatic rings. The Kier molecular flexibility index (Phi) is 3.88. The van der Waals surface area contributed by atoms with Crippen molar-refractivity contribution < 1.29 is 0 Å². The second-order valence-corrected chi connectivity index (χ2v) is 5.93. The van der Waals surface area contributed by atoms with E-state index in [1.54, 1.807) is 0 Å². The monoisotopic (exact) mass is 269 g/mol. The molecule has 0 aliphatic carbocycles. The molecule has 1 atom stereocenters. The summed E-state index contributed by atoms with van der Waals surface area (Å²) in [6.07, 6.45) is 4.81. The molecule has 1 aromatic carbocycles. The average molecular weight is 269 g/mol. The molecule has 1 fully saturated rings. The molecule has 2 aromatic rings. The normalized spacial score (nSPS) is 19.2. The molecular formula is C17H23N3. The van der Waals surface area contributed by atoms with Crippen molar-refractivity contribution in [3.63, 3.8) is 0 Å². The number of benzene rings is 1. The fraction of sp³-hybridized carbons (Fsp3) is 0.471. The van der Waals surface area contributed by atoms with Gasteiger partial charge in [-0.3, -0.25) is 4.68 Å². The molecule has 1 saturated heterocycles. The van der Waals surface area contributed by atoms with Crippen LogP contribution < -0.4 is 5.32 Å². The highest BCUT2D eigenvalue weighted by atomic mass is 15.3. The van der Waals surface area contributed by atoms with E-state index in [9.17, 15) is 0 Å². The number of nitrogens with zero attached hydrogens (tertiary/aromatic N) is 2. The van der Waals surface area contributed by atoms with E-state index in [-0.39, 0.29) is 0 Å². The van der Waals surface area contributed by atoms with Gasteiger partial charge in [0.25, 0.3) is 0 Å². The van der Waals surface area contributed by atoms with Crippen molar-refractivity contribution >= 4 is 0 Å². The van der Waals surface area contributed by atoms with Gasteiger partial charge in [0.15, 0.2) is 0 Å². The zero-order valence-corrected chi connectivity index (χ0v) is 12.4.